The Kier molecular flexibility index (Phi) is 4.15. The molecule has 3 heterocycles. The van der Waals surface area contributed by atoms with Gasteiger partial charge in [-0.1, -0.05) is 30.3 Å². The average molecular weight is 338 g/mol. The maximum atomic E-state index is 12.7. The summed E-state index contributed by atoms with van der Waals surface area (Å²) in [5.74, 6) is -0.0508. The molecule has 4 rings (SSSR count). The third kappa shape index (κ3) is 2.99. The topological polar surface area (TPSA) is 57.7 Å². The number of fused-ring (bicyclic) bond motifs is 2. The molecule has 1 aromatic carbocycles. The first-order chi connectivity index (χ1) is 12.1. The lowest BCUT2D eigenvalue weighted by Gasteiger charge is -2.41. The van der Waals surface area contributed by atoms with Crippen molar-refractivity contribution in [2.75, 3.05) is 0 Å². The van der Waals surface area contributed by atoms with Crippen molar-refractivity contribution in [1.29, 1.82) is 0 Å². The Morgan fingerprint density at radius 1 is 0.920 bits per heavy atom. The van der Waals surface area contributed by atoms with E-state index in [2.05, 4.69) is 0 Å². The molecule has 0 aliphatic carbocycles. The predicted octanol–water partition coefficient (Wildman–Crippen LogP) is 2.37. The van der Waals surface area contributed by atoms with Crippen molar-refractivity contribution < 1.29 is 14.4 Å². The summed E-state index contributed by atoms with van der Waals surface area (Å²) in [5.41, 5.74) is 1.01. The molecule has 0 N–H and O–H groups in total. The van der Waals surface area contributed by atoms with Crippen LogP contribution in [0.25, 0.3) is 6.08 Å². The van der Waals surface area contributed by atoms with Crippen LogP contribution in [0.15, 0.2) is 36.4 Å². The van der Waals surface area contributed by atoms with Gasteiger partial charge in [0, 0.05) is 37.0 Å². The third-order valence-electron chi connectivity index (χ3n) is 5.64. The van der Waals surface area contributed by atoms with Crippen LogP contribution < -0.4 is 0 Å². The van der Waals surface area contributed by atoms with Crippen molar-refractivity contribution >= 4 is 23.8 Å². The van der Waals surface area contributed by atoms with E-state index in [1.165, 1.54) is 4.90 Å². The molecule has 3 aliphatic heterocycles. The fraction of sp³-hybridized carbons (Fsp3) is 0.450. The van der Waals surface area contributed by atoms with Crippen LogP contribution >= 0.6 is 0 Å². The Labute approximate surface area is 147 Å². The van der Waals surface area contributed by atoms with E-state index in [1.54, 1.807) is 6.08 Å². The van der Waals surface area contributed by atoms with Crippen molar-refractivity contribution in [2.45, 2.75) is 56.7 Å². The second kappa shape index (κ2) is 6.47. The minimum Gasteiger partial charge on any atom is -0.333 e. The molecule has 130 valence electrons. The van der Waals surface area contributed by atoms with Crippen LogP contribution in [0.1, 0.15) is 44.1 Å². The first kappa shape index (κ1) is 16.1. The number of carbonyl (C=O) groups is 3. The van der Waals surface area contributed by atoms with Crippen LogP contribution in [0.3, 0.4) is 0 Å². The zero-order chi connectivity index (χ0) is 17.4. The number of rotatable bonds is 3. The van der Waals surface area contributed by atoms with E-state index in [9.17, 15) is 14.4 Å². The van der Waals surface area contributed by atoms with Crippen molar-refractivity contribution in [3.8, 4) is 0 Å². The van der Waals surface area contributed by atoms with Crippen LogP contribution in [0.5, 0.6) is 0 Å². The van der Waals surface area contributed by atoms with Gasteiger partial charge < -0.3 is 4.90 Å². The van der Waals surface area contributed by atoms with Gasteiger partial charge in [-0.15, -0.1) is 0 Å². The molecule has 25 heavy (non-hydrogen) atoms. The highest BCUT2D eigenvalue weighted by molar-refractivity contribution is 6.02. The predicted molar refractivity (Wildman–Crippen MR) is 93.2 cm³/mol. The number of likely N-dealkylation sites (tertiary alicyclic amines) is 1. The van der Waals surface area contributed by atoms with Gasteiger partial charge in [-0.25, -0.2) is 0 Å². The molecule has 5 nitrogen and oxygen atoms in total. The summed E-state index contributed by atoms with van der Waals surface area (Å²) in [6.45, 7) is 0. The molecule has 1 aromatic rings. The molecule has 3 aliphatic rings. The van der Waals surface area contributed by atoms with Crippen LogP contribution in [-0.2, 0) is 14.4 Å². The third-order valence-corrected chi connectivity index (χ3v) is 5.64. The van der Waals surface area contributed by atoms with Gasteiger partial charge >= 0.3 is 0 Å². The molecule has 3 atom stereocenters. The lowest BCUT2D eigenvalue weighted by atomic mass is 9.95. The highest BCUT2D eigenvalue weighted by Crippen LogP contribution is 2.39. The molecule has 0 saturated carbocycles. The summed E-state index contributed by atoms with van der Waals surface area (Å²) in [4.78, 5) is 40.1. The summed E-state index contributed by atoms with van der Waals surface area (Å²) >= 11 is 0. The van der Waals surface area contributed by atoms with E-state index in [0.717, 1.165) is 31.2 Å². The molecule has 0 radical (unpaired) electrons. The van der Waals surface area contributed by atoms with Gasteiger partial charge in [-0.05, 0) is 37.3 Å². The van der Waals surface area contributed by atoms with E-state index >= 15 is 0 Å². The van der Waals surface area contributed by atoms with Crippen LogP contribution in [0.4, 0.5) is 0 Å². The van der Waals surface area contributed by atoms with Crippen molar-refractivity contribution in [3.63, 3.8) is 0 Å². The quantitative estimate of drug-likeness (QED) is 0.628. The highest BCUT2D eigenvalue weighted by atomic mass is 16.2. The SMILES string of the molecule is O=C1CCC(=O)N1C1C[C@H]2CC[C@@H](C1)N2C(=O)/C=C/c1ccccc1. The Balaban J connectivity index is 1.45. The van der Waals surface area contributed by atoms with E-state index in [0.29, 0.717) is 12.8 Å². The highest BCUT2D eigenvalue weighted by Gasteiger charge is 2.47. The van der Waals surface area contributed by atoms with E-state index < -0.39 is 0 Å². The summed E-state index contributed by atoms with van der Waals surface area (Å²) in [6.07, 6.45) is 7.54. The smallest absolute Gasteiger partial charge is 0.247 e. The molecule has 1 unspecified atom stereocenters. The zero-order valence-corrected chi connectivity index (χ0v) is 14.1. The van der Waals surface area contributed by atoms with Crippen LogP contribution in [-0.4, -0.2) is 45.6 Å². The molecule has 3 saturated heterocycles. The van der Waals surface area contributed by atoms with Gasteiger partial charge in [-0.2, -0.15) is 0 Å². The fourth-order valence-electron chi connectivity index (χ4n) is 4.54. The molecular weight excluding hydrogens is 316 g/mol. The normalized spacial score (nSPS) is 29.0. The summed E-state index contributed by atoms with van der Waals surface area (Å²) in [5, 5.41) is 0. The Hall–Kier alpha value is -2.43. The maximum absolute atomic E-state index is 12.7. The number of hydrogen-bond donors (Lipinski definition) is 0. The molecule has 3 amide bonds. The van der Waals surface area contributed by atoms with Gasteiger partial charge in [0.25, 0.3) is 0 Å². The van der Waals surface area contributed by atoms with Crippen molar-refractivity contribution in [1.82, 2.24) is 9.80 Å². The van der Waals surface area contributed by atoms with Gasteiger partial charge in [-0.3, -0.25) is 19.3 Å². The second-order valence-electron chi connectivity index (χ2n) is 7.16. The lowest BCUT2D eigenvalue weighted by molar-refractivity contribution is -0.143. The van der Waals surface area contributed by atoms with Crippen molar-refractivity contribution in [2.24, 2.45) is 0 Å². The number of carbonyl (C=O) groups excluding carboxylic acids is 3. The minimum atomic E-state index is -0.0434. The van der Waals surface area contributed by atoms with Crippen LogP contribution in [0, 0.1) is 0 Å². The van der Waals surface area contributed by atoms with Crippen LogP contribution in [0.2, 0.25) is 0 Å². The van der Waals surface area contributed by atoms with Gasteiger partial charge in [0.1, 0.15) is 0 Å². The fourth-order valence-corrected chi connectivity index (χ4v) is 4.54. The molecule has 0 spiro atoms. The number of piperidine rings is 1. The second-order valence-corrected chi connectivity index (χ2v) is 7.16. The zero-order valence-electron chi connectivity index (χ0n) is 14.1. The first-order valence-corrected chi connectivity index (χ1v) is 9.04. The van der Waals surface area contributed by atoms with Gasteiger partial charge in [0.15, 0.2) is 0 Å². The number of benzene rings is 1. The Bertz CT molecular complexity index is 698. The monoisotopic (exact) mass is 338 g/mol. The molecule has 0 aromatic heterocycles. The molecule has 2 bridgehead atoms. The van der Waals surface area contributed by atoms with Crippen molar-refractivity contribution in [3.05, 3.63) is 42.0 Å². The Morgan fingerprint density at radius 3 is 2.12 bits per heavy atom. The first-order valence-electron chi connectivity index (χ1n) is 9.04. The molecule has 5 heteroatoms. The van der Waals surface area contributed by atoms with Gasteiger partial charge in [0.2, 0.25) is 17.7 Å². The summed E-state index contributed by atoms with van der Waals surface area (Å²) < 4.78 is 0. The number of imide groups is 1. The van der Waals surface area contributed by atoms with Gasteiger partial charge in [0.05, 0.1) is 0 Å². The number of hydrogen-bond acceptors (Lipinski definition) is 3. The summed E-state index contributed by atoms with van der Waals surface area (Å²) in [7, 11) is 0. The average Bonchev–Trinajstić information content (AvgIpc) is 3.09. The number of amides is 3. The largest absolute Gasteiger partial charge is 0.333 e. The maximum Gasteiger partial charge on any atom is 0.247 e. The molecule has 3 fully saturated rings. The minimum absolute atomic E-state index is 0.0258. The number of nitrogens with zero attached hydrogens (tertiary/aromatic N) is 2. The van der Waals surface area contributed by atoms with E-state index in [1.807, 2.05) is 41.3 Å². The standard InChI is InChI=1S/C20H22N2O3/c23-18(9-6-14-4-2-1-3-5-14)21-15-7-8-16(21)13-17(12-15)22-19(24)10-11-20(22)25/h1-6,9,15-17H,7-8,10-13H2/b9-6+/t15-,16+,17?. The van der Waals surface area contributed by atoms with E-state index in [-0.39, 0.29) is 35.8 Å². The Morgan fingerprint density at radius 2 is 1.52 bits per heavy atom. The van der Waals surface area contributed by atoms with E-state index in [4.69, 9.17) is 0 Å². The summed E-state index contributed by atoms with van der Waals surface area (Å²) in [6, 6.07) is 10.0. The lowest BCUT2D eigenvalue weighted by Crippen LogP contribution is -2.53. The molecular formula is C20H22N2O3.